The molecule has 1 aromatic heterocycles. The molecule has 102 valence electrons. The molecule has 20 heavy (non-hydrogen) atoms. The molecule has 1 heterocycles. The van der Waals surface area contributed by atoms with Crippen LogP contribution >= 0.6 is 27.5 Å². The Bertz CT molecular complexity index is 829. The van der Waals surface area contributed by atoms with E-state index in [4.69, 9.17) is 17.3 Å². The van der Waals surface area contributed by atoms with Gasteiger partial charge >= 0.3 is 0 Å². The van der Waals surface area contributed by atoms with Gasteiger partial charge in [-0.15, -0.1) is 0 Å². The molecule has 2 N–H and O–H groups in total. The molecule has 0 saturated carbocycles. The predicted octanol–water partition coefficient (Wildman–Crippen LogP) is 4.47. The van der Waals surface area contributed by atoms with Gasteiger partial charge in [0, 0.05) is 6.07 Å². The maximum Gasteiger partial charge on any atom is 0.205 e. The van der Waals surface area contributed by atoms with Gasteiger partial charge in [-0.05, 0) is 46.6 Å². The zero-order valence-electron chi connectivity index (χ0n) is 10.5. The molecule has 0 unspecified atom stereocenters. The summed E-state index contributed by atoms with van der Waals surface area (Å²) in [5, 5.41) is 0.557. The molecule has 0 aliphatic carbocycles. The number of aromatic nitrogens is 2. The van der Waals surface area contributed by atoms with Crippen molar-refractivity contribution in [1.82, 2.24) is 9.55 Å². The lowest BCUT2D eigenvalue weighted by molar-refractivity contribution is 0.623. The largest absolute Gasteiger partial charge is 0.369 e. The minimum Gasteiger partial charge on any atom is -0.369 e. The summed E-state index contributed by atoms with van der Waals surface area (Å²) in [4.78, 5) is 4.18. The molecule has 0 fully saturated rings. The molecule has 3 nitrogen and oxygen atoms in total. The molecule has 0 atom stereocenters. The number of anilines is 1. The third-order valence-corrected chi connectivity index (χ3v) is 3.99. The molecule has 2 aromatic carbocycles. The Hall–Kier alpha value is -1.59. The highest BCUT2D eigenvalue weighted by molar-refractivity contribution is 9.10. The van der Waals surface area contributed by atoms with E-state index in [2.05, 4.69) is 20.9 Å². The van der Waals surface area contributed by atoms with Gasteiger partial charge < -0.3 is 5.73 Å². The Morgan fingerprint density at radius 1 is 1.30 bits per heavy atom. The van der Waals surface area contributed by atoms with Crippen molar-refractivity contribution in [3.05, 3.63) is 51.2 Å². The van der Waals surface area contributed by atoms with E-state index < -0.39 is 0 Å². The van der Waals surface area contributed by atoms with E-state index in [1.165, 1.54) is 6.07 Å². The van der Waals surface area contributed by atoms with Crippen LogP contribution in [0.25, 0.3) is 16.7 Å². The van der Waals surface area contributed by atoms with Gasteiger partial charge in [0.2, 0.25) is 5.95 Å². The molecule has 3 rings (SSSR count). The Kier molecular flexibility index (Phi) is 3.18. The van der Waals surface area contributed by atoms with Gasteiger partial charge in [-0.1, -0.05) is 17.7 Å². The first-order valence-electron chi connectivity index (χ1n) is 5.87. The van der Waals surface area contributed by atoms with Crippen molar-refractivity contribution in [3.63, 3.8) is 0 Å². The molecule has 3 aromatic rings. The van der Waals surface area contributed by atoms with E-state index in [-0.39, 0.29) is 11.8 Å². The number of hydrogen-bond donors (Lipinski definition) is 1. The van der Waals surface area contributed by atoms with Crippen molar-refractivity contribution in [2.75, 3.05) is 5.73 Å². The van der Waals surface area contributed by atoms with Gasteiger partial charge in [0.15, 0.2) is 0 Å². The molecular weight excluding hydrogens is 345 g/mol. The van der Waals surface area contributed by atoms with Gasteiger partial charge in [0.1, 0.15) is 5.82 Å². The lowest BCUT2D eigenvalue weighted by Crippen LogP contribution is -2.01. The fraction of sp³-hybridized carbons (Fsp3) is 0.0714. The minimum absolute atomic E-state index is 0.269. The molecular formula is C14H10BrClFN3. The van der Waals surface area contributed by atoms with Crippen LogP contribution in [0, 0.1) is 12.7 Å². The van der Waals surface area contributed by atoms with Gasteiger partial charge in [-0.25, -0.2) is 9.37 Å². The number of nitrogens with zero attached hydrogens (tertiary/aromatic N) is 2. The minimum atomic E-state index is -0.377. The maximum absolute atomic E-state index is 13.6. The highest BCUT2D eigenvalue weighted by Gasteiger charge is 2.15. The number of halogens is 3. The molecule has 0 amide bonds. The van der Waals surface area contributed by atoms with Crippen molar-refractivity contribution in [2.24, 2.45) is 0 Å². The van der Waals surface area contributed by atoms with Gasteiger partial charge in [0.25, 0.3) is 0 Å². The molecule has 0 aliphatic heterocycles. The number of nitrogens with two attached hydrogens (primary N) is 1. The average Bonchev–Trinajstić information content (AvgIpc) is 2.69. The van der Waals surface area contributed by atoms with Crippen molar-refractivity contribution >= 4 is 44.5 Å². The molecule has 0 radical (unpaired) electrons. The molecule has 0 spiro atoms. The SMILES string of the molecule is Cc1ccc(Cl)c(-n2c(N)nc3cc(F)c(Br)cc32)c1. The first kappa shape index (κ1) is 13.4. The van der Waals surface area contributed by atoms with Crippen molar-refractivity contribution in [3.8, 4) is 5.69 Å². The predicted molar refractivity (Wildman–Crippen MR) is 82.9 cm³/mol. The van der Waals surface area contributed by atoms with E-state index in [1.807, 2.05) is 19.1 Å². The van der Waals surface area contributed by atoms with E-state index in [1.54, 1.807) is 16.7 Å². The summed E-state index contributed by atoms with van der Waals surface area (Å²) >= 11 is 9.42. The molecule has 0 aliphatic rings. The molecule has 6 heteroatoms. The number of hydrogen-bond acceptors (Lipinski definition) is 2. The van der Waals surface area contributed by atoms with Crippen LogP contribution in [0.5, 0.6) is 0 Å². The van der Waals surface area contributed by atoms with E-state index in [9.17, 15) is 4.39 Å². The zero-order valence-corrected chi connectivity index (χ0v) is 12.8. The highest BCUT2D eigenvalue weighted by atomic mass is 79.9. The molecule has 0 bridgehead atoms. The first-order valence-corrected chi connectivity index (χ1v) is 7.04. The van der Waals surface area contributed by atoms with E-state index in [0.29, 0.717) is 20.5 Å². The molecule has 0 saturated heterocycles. The lowest BCUT2D eigenvalue weighted by atomic mass is 10.2. The summed E-state index contributed by atoms with van der Waals surface area (Å²) in [6.07, 6.45) is 0. The second kappa shape index (κ2) is 4.75. The van der Waals surface area contributed by atoms with Crippen molar-refractivity contribution in [2.45, 2.75) is 6.92 Å². The van der Waals surface area contributed by atoms with Crippen LogP contribution in [0.4, 0.5) is 10.3 Å². The van der Waals surface area contributed by atoms with E-state index in [0.717, 1.165) is 11.3 Å². The summed E-state index contributed by atoms with van der Waals surface area (Å²) in [5.74, 6) is -0.109. The summed E-state index contributed by atoms with van der Waals surface area (Å²) in [5.41, 5.74) is 8.92. The number of nitrogen functional groups attached to an aromatic ring is 1. The third-order valence-electron chi connectivity index (χ3n) is 3.07. The van der Waals surface area contributed by atoms with Gasteiger partial charge in [-0.2, -0.15) is 0 Å². The van der Waals surface area contributed by atoms with Gasteiger partial charge in [0.05, 0.1) is 26.2 Å². The normalized spacial score (nSPS) is 11.2. The van der Waals surface area contributed by atoms with Crippen LogP contribution in [0.2, 0.25) is 5.02 Å². The van der Waals surface area contributed by atoms with Crippen LogP contribution in [-0.4, -0.2) is 9.55 Å². The zero-order chi connectivity index (χ0) is 14.4. The fourth-order valence-corrected chi connectivity index (χ4v) is 2.67. The first-order chi connectivity index (χ1) is 9.47. The third kappa shape index (κ3) is 2.07. The summed E-state index contributed by atoms with van der Waals surface area (Å²) in [6.45, 7) is 1.96. The quantitative estimate of drug-likeness (QED) is 0.700. The summed E-state index contributed by atoms with van der Waals surface area (Å²) < 4.78 is 15.6. The summed E-state index contributed by atoms with van der Waals surface area (Å²) in [6, 6.07) is 8.62. The number of imidazole rings is 1. The Labute approximate surface area is 128 Å². The van der Waals surface area contributed by atoms with Crippen LogP contribution in [0.3, 0.4) is 0 Å². The lowest BCUT2D eigenvalue weighted by Gasteiger charge is -2.10. The van der Waals surface area contributed by atoms with E-state index >= 15 is 0 Å². The number of fused-ring (bicyclic) bond motifs is 1. The topological polar surface area (TPSA) is 43.8 Å². The van der Waals surface area contributed by atoms with Gasteiger partial charge in [-0.3, -0.25) is 4.57 Å². The number of benzene rings is 2. The average molecular weight is 355 g/mol. The number of aryl methyl sites for hydroxylation is 1. The van der Waals surface area contributed by atoms with Crippen LogP contribution < -0.4 is 5.73 Å². The van der Waals surface area contributed by atoms with Crippen LogP contribution in [0.1, 0.15) is 5.56 Å². The number of rotatable bonds is 1. The monoisotopic (exact) mass is 353 g/mol. The second-order valence-corrected chi connectivity index (χ2v) is 5.78. The smallest absolute Gasteiger partial charge is 0.205 e. The maximum atomic E-state index is 13.6. The Balaban J connectivity index is 2.38. The van der Waals surface area contributed by atoms with Crippen LogP contribution in [0.15, 0.2) is 34.8 Å². The summed E-state index contributed by atoms with van der Waals surface area (Å²) in [7, 11) is 0. The standard InChI is InChI=1S/C14H10BrClFN3/c1-7-2-3-9(16)12(4-7)20-13-5-8(15)10(17)6-11(13)19-14(20)18/h2-6H,1H3,(H2,18,19). The Morgan fingerprint density at radius 3 is 2.80 bits per heavy atom. The van der Waals surface area contributed by atoms with Crippen molar-refractivity contribution in [1.29, 1.82) is 0 Å². The second-order valence-electron chi connectivity index (χ2n) is 4.52. The van der Waals surface area contributed by atoms with Crippen LogP contribution in [-0.2, 0) is 0 Å². The fourth-order valence-electron chi connectivity index (χ4n) is 2.14. The van der Waals surface area contributed by atoms with Crippen molar-refractivity contribution < 1.29 is 4.39 Å². The Morgan fingerprint density at radius 2 is 2.05 bits per heavy atom. The highest BCUT2D eigenvalue weighted by Crippen LogP contribution is 2.31.